The van der Waals surface area contributed by atoms with E-state index in [9.17, 15) is 10.1 Å². The fraction of sp³-hybridized carbons (Fsp3) is 0.0952. The molecule has 0 unspecified atom stereocenters. The summed E-state index contributed by atoms with van der Waals surface area (Å²) in [4.78, 5) is 15.3. The number of anilines is 1. The maximum Gasteiger partial charge on any atom is 0.271 e. The Kier molecular flexibility index (Phi) is 4.30. The van der Waals surface area contributed by atoms with Crippen molar-refractivity contribution in [3.8, 4) is 5.75 Å². The molecule has 0 fully saturated rings. The second-order valence-electron chi connectivity index (χ2n) is 6.16. The standard InChI is InChI=1S/C21H17N3O3/c1-27-16-9-6-14(7-10-16)13-22-21-17-4-2-3-5-19(17)23-20-12-15(24(25)26)8-11-18(20)21/h2-12H,13H2,1H3,(H,22,23). The maximum absolute atomic E-state index is 11.1. The predicted molar refractivity (Wildman–Crippen MR) is 106 cm³/mol. The van der Waals surface area contributed by atoms with Crippen LogP contribution >= 0.6 is 0 Å². The van der Waals surface area contributed by atoms with Gasteiger partial charge in [-0.2, -0.15) is 0 Å². The van der Waals surface area contributed by atoms with Crippen molar-refractivity contribution in [3.63, 3.8) is 0 Å². The molecule has 1 aromatic heterocycles. The number of non-ortho nitro benzene ring substituents is 1. The Bertz CT molecular complexity index is 1140. The Balaban J connectivity index is 1.79. The van der Waals surface area contributed by atoms with Gasteiger partial charge in [-0.1, -0.05) is 30.3 Å². The summed E-state index contributed by atoms with van der Waals surface area (Å²) in [5.41, 5.74) is 3.45. The molecule has 27 heavy (non-hydrogen) atoms. The highest BCUT2D eigenvalue weighted by molar-refractivity contribution is 6.07. The number of nitro groups is 1. The van der Waals surface area contributed by atoms with Crippen LogP contribution in [0.1, 0.15) is 5.56 Å². The number of rotatable bonds is 5. The van der Waals surface area contributed by atoms with E-state index in [2.05, 4.69) is 10.3 Å². The van der Waals surface area contributed by atoms with Crippen LogP contribution in [0.3, 0.4) is 0 Å². The number of benzene rings is 3. The highest BCUT2D eigenvalue weighted by atomic mass is 16.6. The van der Waals surface area contributed by atoms with Gasteiger partial charge in [0.2, 0.25) is 0 Å². The zero-order chi connectivity index (χ0) is 18.8. The van der Waals surface area contributed by atoms with Crippen LogP contribution in [0.4, 0.5) is 11.4 Å². The van der Waals surface area contributed by atoms with Crippen molar-refractivity contribution in [1.29, 1.82) is 0 Å². The third kappa shape index (κ3) is 3.25. The van der Waals surface area contributed by atoms with Crippen LogP contribution in [0.5, 0.6) is 5.75 Å². The Labute approximate surface area is 155 Å². The first-order valence-electron chi connectivity index (χ1n) is 8.49. The van der Waals surface area contributed by atoms with Gasteiger partial charge in [0.15, 0.2) is 0 Å². The van der Waals surface area contributed by atoms with Crippen molar-refractivity contribution >= 4 is 33.2 Å². The minimum Gasteiger partial charge on any atom is -0.497 e. The number of hydrogen-bond donors (Lipinski definition) is 1. The zero-order valence-corrected chi connectivity index (χ0v) is 14.7. The molecule has 0 amide bonds. The number of nitrogens with one attached hydrogen (secondary N) is 1. The summed E-state index contributed by atoms with van der Waals surface area (Å²) in [6.45, 7) is 0.615. The van der Waals surface area contributed by atoms with E-state index in [0.29, 0.717) is 12.1 Å². The lowest BCUT2D eigenvalue weighted by molar-refractivity contribution is -0.384. The number of hydrogen-bond acceptors (Lipinski definition) is 5. The van der Waals surface area contributed by atoms with E-state index in [0.717, 1.165) is 33.3 Å². The van der Waals surface area contributed by atoms with Crippen molar-refractivity contribution in [2.24, 2.45) is 0 Å². The number of fused-ring (bicyclic) bond motifs is 2. The summed E-state index contributed by atoms with van der Waals surface area (Å²) in [6, 6.07) is 20.4. The minimum absolute atomic E-state index is 0.0337. The topological polar surface area (TPSA) is 77.3 Å². The van der Waals surface area contributed by atoms with E-state index in [-0.39, 0.29) is 5.69 Å². The maximum atomic E-state index is 11.1. The van der Waals surface area contributed by atoms with Crippen LogP contribution in [0.2, 0.25) is 0 Å². The number of ether oxygens (including phenoxy) is 1. The van der Waals surface area contributed by atoms with Gasteiger partial charge in [0.1, 0.15) is 5.75 Å². The molecule has 6 heteroatoms. The molecule has 1 heterocycles. The second-order valence-corrected chi connectivity index (χ2v) is 6.16. The van der Waals surface area contributed by atoms with Gasteiger partial charge >= 0.3 is 0 Å². The summed E-state index contributed by atoms with van der Waals surface area (Å²) in [6.07, 6.45) is 0. The first-order chi connectivity index (χ1) is 13.2. The van der Waals surface area contributed by atoms with Crippen LogP contribution in [0.15, 0.2) is 66.7 Å². The third-order valence-corrected chi connectivity index (χ3v) is 4.50. The first kappa shape index (κ1) is 16.8. The van der Waals surface area contributed by atoms with Crippen molar-refractivity contribution in [2.45, 2.75) is 6.54 Å². The van der Waals surface area contributed by atoms with Crippen LogP contribution in [-0.4, -0.2) is 17.0 Å². The van der Waals surface area contributed by atoms with Crippen molar-refractivity contribution in [3.05, 3.63) is 82.4 Å². The van der Waals surface area contributed by atoms with Gasteiger partial charge in [0, 0.05) is 29.4 Å². The van der Waals surface area contributed by atoms with Gasteiger partial charge in [-0.25, -0.2) is 4.98 Å². The van der Waals surface area contributed by atoms with Crippen LogP contribution in [0.25, 0.3) is 21.8 Å². The Morgan fingerprint density at radius 1 is 1.00 bits per heavy atom. The smallest absolute Gasteiger partial charge is 0.271 e. The van der Waals surface area contributed by atoms with Gasteiger partial charge in [0.05, 0.1) is 28.8 Å². The normalized spacial score (nSPS) is 10.9. The van der Waals surface area contributed by atoms with Crippen molar-refractivity contribution < 1.29 is 9.66 Å². The van der Waals surface area contributed by atoms with E-state index < -0.39 is 4.92 Å². The second kappa shape index (κ2) is 6.92. The number of pyridine rings is 1. The van der Waals surface area contributed by atoms with Crippen LogP contribution < -0.4 is 10.1 Å². The fourth-order valence-electron chi connectivity index (χ4n) is 3.12. The van der Waals surface area contributed by atoms with E-state index >= 15 is 0 Å². The Morgan fingerprint density at radius 2 is 1.74 bits per heavy atom. The molecule has 0 aliphatic rings. The number of nitro benzene ring substituents is 1. The zero-order valence-electron chi connectivity index (χ0n) is 14.7. The molecule has 0 saturated carbocycles. The Morgan fingerprint density at radius 3 is 2.48 bits per heavy atom. The molecule has 3 aromatic carbocycles. The molecular formula is C21H17N3O3. The van der Waals surface area contributed by atoms with Gasteiger partial charge < -0.3 is 10.1 Å². The summed E-state index contributed by atoms with van der Waals surface area (Å²) < 4.78 is 5.19. The van der Waals surface area contributed by atoms with Crippen LogP contribution in [-0.2, 0) is 6.54 Å². The molecule has 0 atom stereocenters. The highest BCUT2D eigenvalue weighted by Gasteiger charge is 2.13. The number of para-hydroxylation sites is 1. The average molecular weight is 359 g/mol. The molecule has 0 bridgehead atoms. The summed E-state index contributed by atoms with van der Waals surface area (Å²) in [5, 5.41) is 16.4. The van der Waals surface area contributed by atoms with E-state index in [1.807, 2.05) is 48.5 Å². The molecule has 6 nitrogen and oxygen atoms in total. The molecule has 134 valence electrons. The lowest BCUT2D eigenvalue weighted by atomic mass is 10.1. The summed E-state index contributed by atoms with van der Waals surface area (Å²) in [5.74, 6) is 0.811. The highest BCUT2D eigenvalue weighted by Crippen LogP contribution is 2.33. The minimum atomic E-state index is -0.402. The Hall–Kier alpha value is -3.67. The molecule has 0 radical (unpaired) electrons. The monoisotopic (exact) mass is 359 g/mol. The van der Waals surface area contributed by atoms with E-state index in [1.165, 1.54) is 12.1 Å². The average Bonchev–Trinajstić information content (AvgIpc) is 2.71. The lowest BCUT2D eigenvalue weighted by Crippen LogP contribution is -2.02. The fourth-order valence-corrected chi connectivity index (χ4v) is 3.12. The molecule has 0 aliphatic heterocycles. The molecule has 1 N–H and O–H groups in total. The summed E-state index contributed by atoms with van der Waals surface area (Å²) >= 11 is 0. The van der Waals surface area contributed by atoms with Crippen molar-refractivity contribution in [2.75, 3.05) is 12.4 Å². The van der Waals surface area contributed by atoms with Crippen molar-refractivity contribution in [1.82, 2.24) is 4.98 Å². The van der Waals surface area contributed by atoms with E-state index in [1.54, 1.807) is 13.2 Å². The number of methoxy groups -OCH3 is 1. The third-order valence-electron chi connectivity index (χ3n) is 4.50. The molecule has 4 aromatic rings. The molecule has 0 saturated heterocycles. The first-order valence-corrected chi connectivity index (χ1v) is 8.49. The molecular weight excluding hydrogens is 342 g/mol. The summed E-state index contributed by atoms with van der Waals surface area (Å²) in [7, 11) is 1.64. The van der Waals surface area contributed by atoms with E-state index in [4.69, 9.17) is 4.74 Å². The van der Waals surface area contributed by atoms with Gasteiger partial charge in [-0.15, -0.1) is 0 Å². The molecule has 4 rings (SSSR count). The number of aromatic nitrogens is 1. The SMILES string of the molecule is COc1ccc(CNc2c3ccccc3nc3cc([N+](=O)[O-])ccc23)cc1. The van der Waals surface area contributed by atoms with Gasteiger partial charge in [0.25, 0.3) is 5.69 Å². The van der Waals surface area contributed by atoms with Gasteiger partial charge in [-0.05, 0) is 29.8 Å². The molecule has 0 aliphatic carbocycles. The largest absolute Gasteiger partial charge is 0.497 e. The quantitative estimate of drug-likeness (QED) is 0.311. The molecule has 0 spiro atoms. The van der Waals surface area contributed by atoms with Gasteiger partial charge in [-0.3, -0.25) is 10.1 Å². The predicted octanol–water partition coefficient (Wildman–Crippen LogP) is 4.92. The number of nitrogens with zero attached hydrogens (tertiary/aromatic N) is 2. The van der Waals surface area contributed by atoms with Crippen LogP contribution in [0, 0.1) is 10.1 Å². The lowest BCUT2D eigenvalue weighted by Gasteiger charge is -2.13.